The molecule has 6 rings (SSSR count). The minimum Gasteiger partial charge on any atom is -0.0989 e. The smallest absolute Gasteiger partial charge is 0.00454 e. The molecule has 2 aromatic carbocycles. The van der Waals surface area contributed by atoms with Gasteiger partial charge in [0.25, 0.3) is 0 Å². The number of fused-ring (bicyclic) bond motifs is 2. The molecule has 4 atom stereocenters. The maximum Gasteiger partial charge on any atom is 0.00454 e. The summed E-state index contributed by atoms with van der Waals surface area (Å²) in [5.74, 6) is 3.54. The lowest BCUT2D eigenvalue weighted by atomic mass is 9.81. The summed E-state index contributed by atoms with van der Waals surface area (Å²) in [6, 6.07) is 11.9. The fourth-order valence-electron chi connectivity index (χ4n) is 8.73. The maximum absolute atomic E-state index is 4.57. The van der Waals surface area contributed by atoms with Gasteiger partial charge in [-0.05, 0) is 102 Å². The highest BCUT2D eigenvalue weighted by molar-refractivity contribution is 5.80. The van der Waals surface area contributed by atoms with Crippen molar-refractivity contribution >= 4 is 6.08 Å². The Labute approximate surface area is 219 Å². The third kappa shape index (κ3) is 3.70. The van der Waals surface area contributed by atoms with Gasteiger partial charge in [0, 0.05) is 5.92 Å². The number of benzene rings is 2. The third-order valence-electron chi connectivity index (χ3n) is 10.7. The SMILES string of the molecule is C=C1C(CC2=Cc3cccc(-c4cc(C)cc(C)c4CC4CCC[C@@H]4CC)c3C2)C(=C)C2C1C2(C)C. The Bertz CT molecular complexity index is 1260. The number of allylic oxidation sites excluding steroid dienone is 3. The van der Waals surface area contributed by atoms with Crippen LogP contribution in [0.2, 0.25) is 0 Å². The van der Waals surface area contributed by atoms with Crippen molar-refractivity contribution in [2.45, 2.75) is 79.6 Å². The second-order valence-corrected chi connectivity index (χ2v) is 13.2. The Morgan fingerprint density at radius 1 is 0.917 bits per heavy atom. The van der Waals surface area contributed by atoms with Crippen molar-refractivity contribution in [1.82, 2.24) is 0 Å². The minimum atomic E-state index is 0.389. The van der Waals surface area contributed by atoms with Gasteiger partial charge in [0.05, 0.1) is 0 Å². The highest BCUT2D eigenvalue weighted by atomic mass is 14.7. The van der Waals surface area contributed by atoms with Gasteiger partial charge in [0.2, 0.25) is 0 Å². The van der Waals surface area contributed by atoms with Crippen LogP contribution in [-0.4, -0.2) is 0 Å². The first-order valence-electron chi connectivity index (χ1n) is 14.5. The van der Waals surface area contributed by atoms with Crippen LogP contribution in [0.25, 0.3) is 17.2 Å². The zero-order chi connectivity index (χ0) is 25.4. The van der Waals surface area contributed by atoms with E-state index in [2.05, 4.69) is 84.2 Å². The van der Waals surface area contributed by atoms with E-state index in [-0.39, 0.29) is 0 Å². The van der Waals surface area contributed by atoms with E-state index in [1.54, 1.807) is 11.1 Å². The molecule has 0 aliphatic heterocycles. The summed E-state index contributed by atoms with van der Waals surface area (Å²) in [5, 5.41) is 0. The molecule has 4 aliphatic rings. The van der Waals surface area contributed by atoms with Crippen molar-refractivity contribution in [3.8, 4) is 11.1 Å². The second-order valence-electron chi connectivity index (χ2n) is 13.2. The van der Waals surface area contributed by atoms with Gasteiger partial charge >= 0.3 is 0 Å². The third-order valence-corrected chi connectivity index (χ3v) is 10.7. The molecule has 0 saturated heterocycles. The normalized spacial score (nSPS) is 29.9. The fraction of sp³-hybridized carbons (Fsp3) is 0.500. The lowest BCUT2D eigenvalue weighted by Gasteiger charge is -2.23. The van der Waals surface area contributed by atoms with Gasteiger partial charge in [-0.1, -0.05) is 112 Å². The molecule has 36 heavy (non-hydrogen) atoms. The van der Waals surface area contributed by atoms with E-state index >= 15 is 0 Å². The van der Waals surface area contributed by atoms with Crippen molar-refractivity contribution in [2.24, 2.45) is 35.0 Å². The van der Waals surface area contributed by atoms with Gasteiger partial charge < -0.3 is 0 Å². The van der Waals surface area contributed by atoms with Gasteiger partial charge in [0.1, 0.15) is 0 Å². The summed E-state index contributed by atoms with van der Waals surface area (Å²) in [6.45, 7) is 20.9. The fourth-order valence-corrected chi connectivity index (χ4v) is 8.73. The topological polar surface area (TPSA) is 0 Å². The van der Waals surface area contributed by atoms with Crippen LogP contribution in [0.4, 0.5) is 0 Å². The van der Waals surface area contributed by atoms with Crippen molar-refractivity contribution in [3.63, 3.8) is 0 Å². The van der Waals surface area contributed by atoms with E-state index < -0.39 is 0 Å². The molecular formula is C36H44. The van der Waals surface area contributed by atoms with Crippen LogP contribution in [0.5, 0.6) is 0 Å². The average Bonchev–Trinajstić information content (AvgIpc) is 3.23. The van der Waals surface area contributed by atoms with E-state index in [9.17, 15) is 0 Å². The average molecular weight is 477 g/mol. The van der Waals surface area contributed by atoms with Crippen molar-refractivity contribution in [1.29, 1.82) is 0 Å². The summed E-state index contributed by atoms with van der Waals surface area (Å²) >= 11 is 0. The highest BCUT2D eigenvalue weighted by Crippen LogP contribution is 2.72. The summed E-state index contributed by atoms with van der Waals surface area (Å²) in [7, 11) is 0. The maximum atomic E-state index is 4.57. The zero-order valence-corrected chi connectivity index (χ0v) is 23.2. The molecule has 3 saturated carbocycles. The minimum absolute atomic E-state index is 0.389. The molecule has 3 unspecified atom stereocenters. The van der Waals surface area contributed by atoms with Gasteiger partial charge in [-0.25, -0.2) is 0 Å². The first-order valence-corrected chi connectivity index (χ1v) is 14.5. The molecule has 0 spiro atoms. The molecule has 188 valence electrons. The van der Waals surface area contributed by atoms with Crippen molar-refractivity contribution in [3.05, 3.63) is 88.0 Å². The predicted octanol–water partition coefficient (Wildman–Crippen LogP) is 9.68. The van der Waals surface area contributed by atoms with E-state index in [0.29, 0.717) is 23.2 Å². The largest absolute Gasteiger partial charge is 0.0989 e. The van der Waals surface area contributed by atoms with E-state index in [0.717, 1.165) is 24.7 Å². The number of aryl methyl sites for hydroxylation is 2. The standard InChI is InChI=1S/C36H44/c1-8-26-11-9-12-27(26)20-30-22(3)15-21(2)16-33(30)29-14-10-13-28-17-25(19-32(28)29)18-31-23(4)34-35(24(31)5)36(34,6)7/h10,13-17,26-27,31,34-35H,4-5,8-9,11-12,18-20H2,1-3,6-7H3/t26-,27?,31?,34?,35?/m0/s1. The quantitative estimate of drug-likeness (QED) is 0.364. The lowest BCUT2D eigenvalue weighted by Crippen LogP contribution is -2.12. The monoisotopic (exact) mass is 476 g/mol. The van der Waals surface area contributed by atoms with Crippen molar-refractivity contribution in [2.75, 3.05) is 0 Å². The van der Waals surface area contributed by atoms with Crippen molar-refractivity contribution < 1.29 is 0 Å². The molecule has 2 aromatic rings. The molecule has 0 bridgehead atoms. The Morgan fingerprint density at radius 3 is 2.36 bits per heavy atom. The second kappa shape index (κ2) is 8.61. The van der Waals surface area contributed by atoms with Crippen LogP contribution >= 0.6 is 0 Å². The van der Waals surface area contributed by atoms with Crippen LogP contribution in [0, 0.1) is 48.9 Å². The summed E-state index contributed by atoms with van der Waals surface area (Å²) in [6.07, 6.45) is 11.5. The number of rotatable bonds is 6. The molecule has 0 N–H and O–H groups in total. The van der Waals surface area contributed by atoms with Crippen LogP contribution in [0.15, 0.2) is 60.2 Å². The van der Waals surface area contributed by atoms with E-state index in [1.807, 2.05) is 0 Å². The Kier molecular flexibility index (Phi) is 5.75. The highest BCUT2D eigenvalue weighted by Gasteiger charge is 2.65. The summed E-state index contributed by atoms with van der Waals surface area (Å²) in [4.78, 5) is 0. The van der Waals surface area contributed by atoms with E-state index in [4.69, 9.17) is 0 Å². The van der Waals surface area contributed by atoms with Crippen LogP contribution in [0.1, 0.15) is 80.7 Å². The lowest BCUT2D eigenvalue weighted by molar-refractivity contribution is 0.375. The molecule has 0 aromatic heterocycles. The van der Waals surface area contributed by atoms with Gasteiger partial charge in [-0.3, -0.25) is 0 Å². The van der Waals surface area contributed by atoms with Crippen LogP contribution < -0.4 is 0 Å². The molecular weight excluding hydrogens is 432 g/mol. The Morgan fingerprint density at radius 2 is 1.64 bits per heavy atom. The molecule has 0 heteroatoms. The van der Waals surface area contributed by atoms with Gasteiger partial charge in [0.15, 0.2) is 0 Å². The molecule has 4 aliphatic carbocycles. The van der Waals surface area contributed by atoms with E-state index in [1.165, 1.54) is 76.6 Å². The van der Waals surface area contributed by atoms with Gasteiger partial charge in [-0.2, -0.15) is 0 Å². The molecule has 0 heterocycles. The molecule has 0 amide bonds. The molecule has 3 fully saturated rings. The predicted molar refractivity (Wildman–Crippen MR) is 155 cm³/mol. The molecule has 0 nitrogen and oxygen atoms in total. The first-order chi connectivity index (χ1) is 17.2. The zero-order valence-electron chi connectivity index (χ0n) is 23.2. The van der Waals surface area contributed by atoms with Crippen LogP contribution in [0.3, 0.4) is 0 Å². The summed E-state index contributed by atoms with van der Waals surface area (Å²) < 4.78 is 0. The Hall–Kier alpha value is -2.34. The number of hydrogen-bond donors (Lipinski definition) is 0. The molecule has 0 radical (unpaired) electrons. The first kappa shape index (κ1) is 24.0. The Balaban J connectivity index is 1.29. The summed E-state index contributed by atoms with van der Waals surface area (Å²) in [5.41, 5.74) is 15.3. The van der Waals surface area contributed by atoms with Crippen LogP contribution in [-0.2, 0) is 12.8 Å². The number of hydrogen-bond acceptors (Lipinski definition) is 0. The van der Waals surface area contributed by atoms with Gasteiger partial charge in [-0.15, -0.1) is 0 Å².